The summed E-state index contributed by atoms with van der Waals surface area (Å²) in [6.45, 7) is 3.28. The number of phosphoric ester groups is 1. The van der Waals surface area contributed by atoms with Gasteiger partial charge in [0.2, 0.25) is 0 Å². The fourth-order valence-corrected chi connectivity index (χ4v) is 8.63. The summed E-state index contributed by atoms with van der Waals surface area (Å²) < 4.78 is 33.5. The minimum Gasteiger partial charge on any atom is -0.462 e. The molecule has 0 aromatic carbocycles. The summed E-state index contributed by atoms with van der Waals surface area (Å²) in [7, 11) is -5.13. The maximum atomic E-state index is 12.8. The normalized spacial score (nSPS) is 21.8. The molecule has 0 amide bonds. The quantitative estimate of drug-likeness (QED) is 0.0146. The lowest BCUT2D eigenvalue weighted by atomic mass is 9.85. The summed E-state index contributed by atoms with van der Waals surface area (Å²) in [6.07, 6.45) is 33.4. The molecule has 0 bridgehead atoms. The minimum atomic E-state index is -5.13. The molecule has 13 nitrogen and oxygen atoms in total. The Morgan fingerprint density at radius 3 is 1.33 bits per heavy atom. The van der Waals surface area contributed by atoms with E-state index in [9.17, 15) is 44.6 Å². The molecule has 1 aliphatic carbocycles. The number of ether oxygens (including phenoxy) is 2. The Hall–Kier alpha value is -1.93. The molecule has 1 saturated carbocycles. The molecule has 8 atom stereocenters. The van der Waals surface area contributed by atoms with E-state index in [4.69, 9.17) is 18.5 Å². The first-order chi connectivity index (χ1) is 30.9. The van der Waals surface area contributed by atoms with Gasteiger partial charge in [-0.3, -0.25) is 18.6 Å². The number of carbonyl (C=O) groups excluding carboxylic acids is 2. The van der Waals surface area contributed by atoms with Gasteiger partial charge in [-0.2, -0.15) is 0 Å². The van der Waals surface area contributed by atoms with Gasteiger partial charge in [-0.15, -0.1) is 0 Å². The van der Waals surface area contributed by atoms with Crippen molar-refractivity contribution in [3.63, 3.8) is 0 Å². The van der Waals surface area contributed by atoms with Gasteiger partial charge < -0.3 is 39.9 Å². The average Bonchev–Trinajstić information content (AvgIpc) is 3.28. The molecule has 1 aliphatic rings. The van der Waals surface area contributed by atoms with Crippen LogP contribution in [0.2, 0.25) is 0 Å². The van der Waals surface area contributed by atoms with Crippen LogP contribution in [0, 0.1) is 0 Å². The summed E-state index contributed by atoms with van der Waals surface area (Å²) in [5.41, 5.74) is 0. The van der Waals surface area contributed by atoms with Gasteiger partial charge in [0.25, 0.3) is 0 Å². The third kappa shape index (κ3) is 31.9. The van der Waals surface area contributed by atoms with Crippen LogP contribution in [0.1, 0.15) is 213 Å². The molecule has 374 valence electrons. The second-order valence-corrected chi connectivity index (χ2v) is 19.1. The van der Waals surface area contributed by atoms with Crippen LogP contribution < -0.4 is 0 Å². The summed E-state index contributed by atoms with van der Waals surface area (Å²) in [5, 5.41) is 50.2. The van der Waals surface area contributed by atoms with Crippen LogP contribution >= 0.6 is 7.82 Å². The lowest BCUT2D eigenvalue weighted by molar-refractivity contribution is -0.220. The number of aliphatic hydroxyl groups excluding tert-OH is 5. The standard InChI is InChI=1S/C50H91O13P/c1-3-5-7-9-11-13-15-17-19-21-23-24-26-28-30-32-34-36-38-43(51)60-40-42(41-61-64(58,59)63-50-48(56)46(54)45(53)47(55)49(50)57)62-44(52)39-37-35-33-31-29-27-25-22-20-18-16-14-12-10-8-6-4-2/h18,20,25,27,31,33,42,45-50,53-57H,3-17,19,21-24,26,28-30,32,34-41H2,1-2H3,(H,58,59)/b20-18+,27-25+,33-31+/t42-,45?,46-,47?,48?,49?,50?/m0/s1. The lowest BCUT2D eigenvalue weighted by Gasteiger charge is -2.41. The second kappa shape index (κ2) is 40.2. The van der Waals surface area contributed by atoms with Crippen molar-refractivity contribution >= 4 is 19.8 Å². The number of rotatable bonds is 42. The Bertz CT molecular complexity index is 1260. The number of allylic oxidation sites excluding steroid dienone is 6. The molecule has 6 N–H and O–H groups in total. The van der Waals surface area contributed by atoms with Gasteiger partial charge in [0.05, 0.1) is 6.61 Å². The first kappa shape index (κ1) is 60.1. The van der Waals surface area contributed by atoms with Crippen LogP contribution in [0.4, 0.5) is 0 Å². The van der Waals surface area contributed by atoms with Crippen molar-refractivity contribution in [1.29, 1.82) is 0 Å². The van der Waals surface area contributed by atoms with Crippen LogP contribution in [0.25, 0.3) is 0 Å². The van der Waals surface area contributed by atoms with Crippen molar-refractivity contribution in [2.45, 2.75) is 256 Å². The molecule has 0 aromatic rings. The van der Waals surface area contributed by atoms with E-state index in [0.717, 1.165) is 38.5 Å². The summed E-state index contributed by atoms with van der Waals surface area (Å²) in [4.78, 5) is 35.8. The van der Waals surface area contributed by atoms with E-state index in [-0.39, 0.29) is 12.8 Å². The van der Waals surface area contributed by atoms with Gasteiger partial charge in [0.1, 0.15) is 43.2 Å². The van der Waals surface area contributed by atoms with Gasteiger partial charge in [-0.05, 0) is 44.9 Å². The lowest BCUT2D eigenvalue weighted by Crippen LogP contribution is -2.64. The number of unbranched alkanes of at least 4 members (excludes halogenated alkanes) is 24. The van der Waals surface area contributed by atoms with E-state index in [1.807, 2.05) is 12.2 Å². The Balaban J connectivity index is 2.44. The molecule has 64 heavy (non-hydrogen) atoms. The molecule has 0 heterocycles. The van der Waals surface area contributed by atoms with Crippen LogP contribution in [-0.4, -0.2) is 98.3 Å². The SMILES string of the molecule is CCCCCCCC/C=C/C/C=C/C/C=C/CCCC(=O)O[C@@H](COC(=O)CCCCCCCCCCCCCCCCCCCC)COP(=O)(O)OC1C(O)C(O)C(O)[C@H](O)C1O. The molecule has 0 aliphatic heterocycles. The van der Waals surface area contributed by atoms with Crippen LogP contribution in [0.3, 0.4) is 0 Å². The van der Waals surface area contributed by atoms with E-state index in [1.54, 1.807) is 0 Å². The van der Waals surface area contributed by atoms with E-state index in [2.05, 4.69) is 38.2 Å². The Kier molecular flexibility index (Phi) is 37.7. The van der Waals surface area contributed by atoms with Gasteiger partial charge in [0.15, 0.2) is 6.10 Å². The van der Waals surface area contributed by atoms with Crippen molar-refractivity contribution < 1.29 is 63.1 Å². The highest BCUT2D eigenvalue weighted by molar-refractivity contribution is 7.47. The van der Waals surface area contributed by atoms with Crippen molar-refractivity contribution in [1.82, 2.24) is 0 Å². The van der Waals surface area contributed by atoms with E-state index in [0.29, 0.717) is 19.3 Å². The number of aliphatic hydroxyl groups is 5. The highest BCUT2D eigenvalue weighted by Crippen LogP contribution is 2.47. The predicted molar refractivity (Wildman–Crippen MR) is 253 cm³/mol. The third-order valence-electron chi connectivity index (χ3n) is 11.7. The Labute approximate surface area is 387 Å². The predicted octanol–water partition coefficient (Wildman–Crippen LogP) is 10.6. The maximum Gasteiger partial charge on any atom is 0.472 e. The van der Waals surface area contributed by atoms with E-state index in [1.165, 1.54) is 128 Å². The van der Waals surface area contributed by atoms with E-state index >= 15 is 0 Å². The molecule has 0 saturated heterocycles. The highest BCUT2D eigenvalue weighted by atomic mass is 31.2. The molecule has 6 unspecified atom stereocenters. The van der Waals surface area contributed by atoms with Crippen molar-refractivity contribution in [3.8, 4) is 0 Å². The first-order valence-corrected chi connectivity index (χ1v) is 26.8. The third-order valence-corrected chi connectivity index (χ3v) is 12.7. The minimum absolute atomic E-state index is 0.0270. The van der Waals surface area contributed by atoms with Crippen molar-refractivity contribution in [2.24, 2.45) is 0 Å². The molecule has 1 rings (SSSR count). The number of hydrogen-bond donors (Lipinski definition) is 6. The molecule has 0 spiro atoms. The summed E-state index contributed by atoms with van der Waals surface area (Å²) in [6, 6.07) is 0. The van der Waals surface area contributed by atoms with Gasteiger partial charge >= 0.3 is 19.8 Å². The van der Waals surface area contributed by atoms with Crippen LogP contribution in [0.15, 0.2) is 36.5 Å². The molecule has 0 aromatic heterocycles. The van der Waals surface area contributed by atoms with Gasteiger partial charge in [-0.25, -0.2) is 4.57 Å². The largest absolute Gasteiger partial charge is 0.472 e. The average molecular weight is 931 g/mol. The molecule has 0 radical (unpaired) electrons. The first-order valence-electron chi connectivity index (χ1n) is 25.3. The molecule has 1 fully saturated rings. The number of hydrogen-bond acceptors (Lipinski definition) is 12. The highest BCUT2D eigenvalue weighted by Gasteiger charge is 2.51. The Morgan fingerprint density at radius 2 is 0.859 bits per heavy atom. The van der Waals surface area contributed by atoms with Crippen LogP contribution in [-0.2, 0) is 32.7 Å². The smallest absolute Gasteiger partial charge is 0.462 e. The molecular weight excluding hydrogens is 840 g/mol. The van der Waals surface area contributed by atoms with E-state index < -0.39 is 75.7 Å². The maximum absolute atomic E-state index is 12.8. The number of carbonyl (C=O) groups is 2. The van der Waals surface area contributed by atoms with Gasteiger partial charge in [0, 0.05) is 12.8 Å². The topological polar surface area (TPSA) is 210 Å². The second-order valence-electron chi connectivity index (χ2n) is 17.7. The molecular formula is C50H91O13P. The van der Waals surface area contributed by atoms with Gasteiger partial charge in [-0.1, -0.05) is 192 Å². The van der Waals surface area contributed by atoms with Crippen LogP contribution in [0.5, 0.6) is 0 Å². The summed E-state index contributed by atoms with van der Waals surface area (Å²) in [5.74, 6) is -1.15. The Morgan fingerprint density at radius 1 is 0.484 bits per heavy atom. The zero-order valence-electron chi connectivity index (χ0n) is 39.8. The molecule has 14 heteroatoms. The van der Waals surface area contributed by atoms with Crippen molar-refractivity contribution in [3.05, 3.63) is 36.5 Å². The number of phosphoric acid groups is 1. The zero-order valence-corrected chi connectivity index (χ0v) is 40.7. The monoisotopic (exact) mass is 931 g/mol. The van der Waals surface area contributed by atoms with Crippen molar-refractivity contribution in [2.75, 3.05) is 13.2 Å². The fraction of sp³-hybridized carbons (Fsp3) is 0.840. The summed E-state index contributed by atoms with van der Waals surface area (Å²) >= 11 is 0. The zero-order chi connectivity index (χ0) is 47.1. The number of esters is 2. The fourth-order valence-electron chi connectivity index (χ4n) is 7.66.